The predicted molar refractivity (Wildman–Crippen MR) is 94.8 cm³/mol. The topological polar surface area (TPSA) is 70.6 Å². The van der Waals surface area contributed by atoms with E-state index in [2.05, 4.69) is 4.72 Å². The molecule has 1 aliphatic rings. The van der Waals surface area contributed by atoms with E-state index in [-0.39, 0.29) is 10.8 Å². The molecule has 0 saturated carbocycles. The van der Waals surface area contributed by atoms with Gasteiger partial charge in [-0.3, -0.25) is 0 Å². The molecule has 0 bridgehead atoms. The monoisotopic (exact) mass is 353 g/mol. The van der Waals surface area contributed by atoms with Gasteiger partial charge < -0.3 is 18.8 Å². The van der Waals surface area contributed by atoms with Gasteiger partial charge in [-0.25, -0.2) is 0 Å². The van der Waals surface area contributed by atoms with Gasteiger partial charge in [-0.1, -0.05) is 30.3 Å². The van der Waals surface area contributed by atoms with Gasteiger partial charge in [0, 0.05) is 29.8 Å². The van der Waals surface area contributed by atoms with Crippen LogP contribution < -0.4 is 4.72 Å². The summed E-state index contributed by atoms with van der Waals surface area (Å²) in [7, 11) is 0. The van der Waals surface area contributed by atoms with E-state index < -0.39 is 17.1 Å². The molecule has 1 unspecified atom stereocenters. The molecule has 1 aromatic carbocycles. The molecule has 1 saturated heterocycles. The molecular formula is C18H27NO4S. The summed E-state index contributed by atoms with van der Waals surface area (Å²) in [4.78, 5) is 11.0. The van der Waals surface area contributed by atoms with Crippen LogP contribution in [-0.4, -0.2) is 34.8 Å². The molecule has 2 atom stereocenters. The van der Waals surface area contributed by atoms with Crippen molar-refractivity contribution in [3.8, 4) is 0 Å². The van der Waals surface area contributed by atoms with Gasteiger partial charge in [-0.15, -0.1) is 4.72 Å². The largest absolute Gasteiger partial charge is 0.598 e. The van der Waals surface area contributed by atoms with Gasteiger partial charge in [-0.2, -0.15) is 0 Å². The van der Waals surface area contributed by atoms with Crippen molar-refractivity contribution in [3.05, 3.63) is 35.9 Å². The van der Waals surface area contributed by atoms with Crippen LogP contribution in [0.15, 0.2) is 30.3 Å². The molecule has 1 fully saturated rings. The van der Waals surface area contributed by atoms with Crippen molar-refractivity contribution < 1.29 is 18.8 Å². The zero-order valence-electron chi connectivity index (χ0n) is 14.6. The Bertz CT molecular complexity index is 512. The molecule has 134 valence electrons. The number of hydrogen-bond donors (Lipinski definition) is 1. The maximum absolute atomic E-state index is 12.3. The highest BCUT2D eigenvalue weighted by atomic mass is 32.2. The van der Waals surface area contributed by atoms with Gasteiger partial charge in [0.15, 0.2) is 5.79 Å². The molecule has 1 aliphatic heterocycles. The number of nitrogens with one attached hydrogen (secondary N) is 1. The second kappa shape index (κ2) is 8.45. The van der Waals surface area contributed by atoms with Crippen LogP contribution in [0.5, 0.6) is 0 Å². The Balaban J connectivity index is 2.04. The average Bonchev–Trinajstić information content (AvgIpc) is 3.03. The lowest BCUT2D eigenvalue weighted by atomic mass is 9.97. The maximum Gasteiger partial charge on any atom is 0.195 e. The molecule has 0 spiro atoms. The molecule has 24 heavy (non-hydrogen) atoms. The molecule has 5 nitrogen and oxygen atoms in total. The van der Waals surface area contributed by atoms with E-state index in [1.807, 2.05) is 51.1 Å². The lowest BCUT2D eigenvalue weighted by Gasteiger charge is -2.31. The zero-order chi connectivity index (χ0) is 17.6. The minimum Gasteiger partial charge on any atom is -0.598 e. The third kappa shape index (κ3) is 5.04. The summed E-state index contributed by atoms with van der Waals surface area (Å²) in [6.07, 6.45) is 2.41. The first-order chi connectivity index (χ1) is 11.4. The molecule has 0 aromatic heterocycles. The Morgan fingerprint density at radius 1 is 1.29 bits per heavy atom. The lowest BCUT2D eigenvalue weighted by Crippen LogP contribution is -2.45. The van der Waals surface area contributed by atoms with E-state index in [4.69, 9.17) is 9.47 Å². The van der Waals surface area contributed by atoms with Crippen LogP contribution in [0.25, 0.3) is 0 Å². The highest BCUT2D eigenvalue weighted by molar-refractivity contribution is 7.90. The number of aldehydes is 1. The smallest absolute Gasteiger partial charge is 0.195 e. The summed E-state index contributed by atoms with van der Waals surface area (Å²) >= 11 is -1.22. The molecule has 0 aliphatic carbocycles. The summed E-state index contributed by atoms with van der Waals surface area (Å²) in [6.45, 7) is 6.82. The normalized spacial score (nSPS) is 19.8. The molecular weight excluding hydrogens is 326 g/mol. The van der Waals surface area contributed by atoms with Gasteiger partial charge >= 0.3 is 0 Å². The van der Waals surface area contributed by atoms with Crippen molar-refractivity contribution in [1.29, 1.82) is 0 Å². The van der Waals surface area contributed by atoms with E-state index in [1.165, 1.54) is 0 Å². The summed E-state index contributed by atoms with van der Waals surface area (Å²) in [5.41, 5.74) is 0.976. The average molecular weight is 353 g/mol. The first-order valence-corrected chi connectivity index (χ1v) is 9.47. The summed E-state index contributed by atoms with van der Waals surface area (Å²) in [5, 5.41) is 0. The third-order valence-corrected chi connectivity index (χ3v) is 5.66. The van der Waals surface area contributed by atoms with Crippen LogP contribution in [0.1, 0.15) is 45.6 Å². The number of carbonyl (C=O) groups excluding carboxylic acids is 1. The second-order valence-electron chi connectivity index (χ2n) is 6.95. The van der Waals surface area contributed by atoms with Crippen molar-refractivity contribution >= 4 is 17.6 Å². The number of carbonyl (C=O) groups is 1. The van der Waals surface area contributed by atoms with Crippen LogP contribution in [-0.2, 0) is 31.4 Å². The minimum absolute atomic E-state index is 0.170. The Kier molecular flexibility index (Phi) is 6.83. The fourth-order valence-corrected chi connectivity index (χ4v) is 3.51. The quantitative estimate of drug-likeness (QED) is 0.575. The highest BCUT2D eigenvalue weighted by Crippen LogP contribution is 2.36. The van der Waals surface area contributed by atoms with Crippen LogP contribution >= 0.6 is 0 Å². The van der Waals surface area contributed by atoms with Crippen molar-refractivity contribution in [2.75, 3.05) is 13.2 Å². The van der Waals surface area contributed by atoms with Crippen molar-refractivity contribution in [3.63, 3.8) is 0 Å². The Labute approximate surface area is 147 Å². The third-order valence-electron chi connectivity index (χ3n) is 4.00. The number of ether oxygens (including phenoxy) is 2. The SMILES string of the molecule is CC(C)(C)[S+]([O-])N[C@H](CC=O)CCC1(c2ccccc2)OCCO1. The van der Waals surface area contributed by atoms with E-state index in [1.54, 1.807) is 0 Å². The maximum atomic E-state index is 12.3. The molecule has 6 heteroatoms. The highest BCUT2D eigenvalue weighted by Gasteiger charge is 2.39. The number of hydrogen-bond acceptors (Lipinski definition) is 5. The van der Waals surface area contributed by atoms with Crippen LogP contribution in [0, 0.1) is 0 Å². The van der Waals surface area contributed by atoms with Gasteiger partial charge in [0.2, 0.25) is 0 Å². The van der Waals surface area contributed by atoms with Gasteiger partial charge in [-0.05, 0) is 27.2 Å². The van der Waals surface area contributed by atoms with E-state index in [0.29, 0.717) is 32.5 Å². The van der Waals surface area contributed by atoms with E-state index in [9.17, 15) is 9.35 Å². The van der Waals surface area contributed by atoms with E-state index in [0.717, 1.165) is 11.8 Å². The van der Waals surface area contributed by atoms with Crippen LogP contribution in [0.2, 0.25) is 0 Å². The first kappa shape index (κ1) is 19.4. The Morgan fingerprint density at radius 3 is 2.46 bits per heavy atom. The first-order valence-electron chi connectivity index (χ1n) is 8.32. The fourth-order valence-electron chi connectivity index (χ4n) is 2.64. The number of rotatable bonds is 8. The summed E-state index contributed by atoms with van der Waals surface area (Å²) < 4.78 is 26.8. The zero-order valence-corrected chi connectivity index (χ0v) is 15.4. The van der Waals surface area contributed by atoms with Gasteiger partial charge in [0.1, 0.15) is 11.0 Å². The van der Waals surface area contributed by atoms with Crippen LogP contribution in [0.3, 0.4) is 0 Å². The molecule has 1 heterocycles. The standard InChI is InChI=1S/C18H27NO4S/c1-17(2,3)24(21)19-16(10-12-20)9-11-18(22-13-14-23-18)15-7-5-4-6-8-15/h4-8,12,16,19H,9-11,13-14H2,1-3H3/t16-,24?/m0/s1. The predicted octanol–water partition coefficient (Wildman–Crippen LogP) is 2.68. The minimum atomic E-state index is -1.22. The number of benzene rings is 1. The molecule has 1 aromatic rings. The molecule has 2 rings (SSSR count). The Morgan fingerprint density at radius 2 is 1.92 bits per heavy atom. The summed E-state index contributed by atoms with van der Waals surface area (Å²) in [5.74, 6) is -0.771. The fraction of sp³-hybridized carbons (Fsp3) is 0.611. The summed E-state index contributed by atoms with van der Waals surface area (Å²) in [6, 6.07) is 9.67. The van der Waals surface area contributed by atoms with Crippen LogP contribution in [0.4, 0.5) is 0 Å². The van der Waals surface area contributed by atoms with Crippen molar-refractivity contribution in [2.24, 2.45) is 0 Å². The molecule has 0 amide bonds. The molecule has 1 N–H and O–H groups in total. The van der Waals surface area contributed by atoms with Crippen molar-refractivity contribution in [1.82, 2.24) is 4.72 Å². The molecule has 0 radical (unpaired) electrons. The van der Waals surface area contributed by atoms with Gasteiger partial charge in [0.05, 0.1) is 19.3 Å². The van der Waals surface area contributed by atoms with Crippen molar-refractivity contribution in [2.45, 2.75) is 56.6 Å². The lowest BCUT2D eigenvalue weighted by molar-refractivity contribution is -0.172. The van der Waals surface area contributed by atoms with Gasteiger partial charge in [0.25, 0.3) is 0 Å². The Hall–Kier alpha value is -0.920. The second-order valence-corrected chi connectivity index (χ2v) is 8.95. The van der Waals surface area contributed by atoms with E-state index >= 15 is 0 Å².